The van der Waals surface area contributed by atoms with Gasteiger partial charge in [-0.25, -0.2) is 0 Å². The van der Waals surface area contributed by atoms with E-state index in [-0.39, 0.29) is 11.5 Å². The van der Waals surface area contributed by atoms with Crippen LogP contribution < -0.4 is 0 Å². The minimum atomic E-state index is 0.0508. The van der Waals surface area contributed by atoms with E-state index in [4.69, 9.17) is 10.2 Å². The van der Waals surface area contributed by atoms with Crippen molar-refractivity contribution in [2.45, 2.75) is 0 Å². The van der Waals surface area contributed by atoms with Gasteiger partial charge in [-0.1, -0.05) is 12.7 Å². The largest absolute Gasteiger partial charge is 0.508 e. The minimum Gasteiger partial charge on any atom is -0.508 e. The lowest BCUT2D eigenvalue weighted by atomic mass is 10.2. The molecule has 0 aliphatic heterocycles. The summed E-state index contributed by atoms with van der Waals surface area (Å²) in [7, 11) is 0. The molecule has 1 rings (SSSR count). The van der Waals surface area contributed by atoms with E-state index in [1.165, 1.54) is 18.2 Å². The maximum Gasteiger partial charge on any atom is 0.119 e. The van der Waals surface area contributed by atoms with Crippen molar-refractivity contribution in [3.63, 3.8) is 0 Å². The van der Waals surface area contributed by atoms with Crippen LogP contribution in [0.1, 0.15) is 5.56 Å². The van der Waals surface area contributed by atoms with Gasteiger partial charge in [-0.15, -0.1) is 0 Å². The maximum atomic E-state index is 8.92. The second-order valence-corrected chi connectivity index (χ2v) is 1.99. The summed E-state index contributed by atoms with van der Waals surface area (Å²) in [5.41, 5.74) is 0.706. The van der Waals surface area contributed by atoms with Gasteiger partial charge in [0, 0.05) is 6.07 Å². The van der Waals surface area contributed by atoms with Gasteiger partial charge in [0.25, 0.3) is 0 Å². The zero-order chi connectivity index (χ0) is 7.56. The smallest absolute Gasteiger partial charge is 0.119 e. The molecule has 0 bridgehead atoms. The molecule has 1 aromatic rings. The predicted octanol–water partition coefficient (Wildman–Crippen LogP) is 1.74. The first kappa shape index (κ1) is 6.68. The average Bonchev–Trinajstić information content (AvgIpc) is 1.85. The predicted molar refractivity (Wildman–Crippen MR) is 39.9 cm³/mol. The molecule has 2 N–H and O–H groups in total. The standard InChI is InChI=1S/C8H8O2/c1-2-6-3-7(9)5-8(10)4-6/h2-5,9-10H,1H2. The molecule has 52 valence electrons. The molecule has 2 nitrogen and oxygen atoms in total. The highest BCUT2D eigenvalue weighted by Crippen LogP contribution is 2.20. The fourth-order valence-corrected chi connectivity index (χ4v) is 0.736. The van der Waals surface area contributed by atoms with E-state index in [0.29, 0.717) is 5.56 Å². The molecule has 0 radical (unpaired) electrons. The monoisotopic (exact) mass is 136 g/mol. The van der Waals surface area contributed by atoms with Crippen LogP contribution in [0.5, 0.6) is 11.5 Å². The first-order valence-corrected chi connectivity index (χ1v) is 2.88. The van der Waals surface area contributed by atoms with Gasteiger partial charge in [0.15, 0.2) is 0 Å². The quantitative estimate of drug-likeness (QED) is 0.617. The minimum absolute atomic E-state index is 0.0508. The summed E-state index contributed by atoms with van der Waals surface area (Å²) >= 11 is 0. The summed E-state index contributed by atoms with van der Waals surface area (Å²) in [6, 6.07) is 4.31. The van der Waals surface area contributed by atoms with Crippen LogP contribution in [-0.2, 0) is 0 Å². The topological polar surface area (TPSA) is 40.5 Å². The van der Waals surface area contributed by atoms with Crippen molar-refractivity contribution in [3.05, 3.63) is 30.3 Å². The Morgan fingerprint density at radius 1 is 1.10 bits per heavy atom. The fourth-order valence-electron chi connectivity index (χ4n) is 0.736. The Morgan fingerprint density at radius 2 is 1.60 bits per heavy atom. The Bertz CT molecular complexity index is 233. The van der Waals surface area contributed by atoms with Crippen LogP contribution in [0.15, 0.2) is 24.8 Å². The molecule has 0 aromatic heterocycles. The number of hydrogen-bond acceptors (Lipinski definition) is 2. The molecular formula is C8H8O2. The highest BCUT2D eigenvalue weighted by atomic mass is 16.3. The molecular weight excluding hydrogens is 128 g/mol. The third-order valence-corrected chi connectivity index (χ3v) is 1.16. The molecule has 0 fully saturated rings. The molecule has 1 aromatic carbocycles. The van der Waals surface area contributed by atoms with Gasteiger partial charge in [-0.05, 0) is 17.7 Å². The highest BCUT2D eigenvalue weighted by Gasteiger charge is 1.93. The molecule has 0 spiro atoms. The Labute approximate surface area is 59.1 Å². The molecule has 10 heavy (non-hydrogen) atoms. The fraction of sp³-hybridized carbons (Fsp3) is 0. The first-order valence-electron chi connectivity index (χ1n) is 2.88. The third kappa shape index (κ3) is 1.29. The van der Waals surface area contributed by atoms with Gasteiger partial charge in [-0.3, -0.25) is 0 Å². The second-order valence-electron chi connectivity index (χ2n) is 1.99. The zero-order valence-electron chi connectivity index (χ0n) is 5.41. The van der Waals surface area contributed by atoms with E-state index in [9.17, 15) is 0 Å². The van der Waals surface area contributed by atoms with Crippen molar-refractivity contribution >= 4 is 6.08 Å². The van der Waals surface area contributed by atoms with Crippen molar-refractivity contribution in [2.75, 3.05) is 0 Å². The van der Waals surface area contributed by atoms with Gasteiger partial charge in [-0.2, -0.15) is 0 Å². The summed E-state index contributed by atoms with van der Waals surface area (Å²) in [6.07, 6.45) is 1.56. The lowest BCUT2D eigenvalue weighted by Crippen LogP contribution is -1.71. The van der Waals surface area contributed by atoms with E-state index < -0.39 is 0 Å². The molecule has 0 aliphatic carbocycles. The molecule has 0 saturated carbocycles. The van der Waals surface area contributed by atoms with Crippen molar-refractivity contribution < 1.29 is 10.2 Å². The Kier molecular flexibility index (Phi) is 1.63. The van der Waals surface area contributed by atoms with Crippen LogP contribution in [0.4, 0.5) is 0 Å². The highest BCUT2D eigenvalue weighted by molar-refractivity contribution is 5.52. The van der Waals surface area contributed by atoms with Crippen molar-refractivity contribution in [3.8, 4) is 11.5 Å². The van der Waals surface area contributed by atoms with E-state index in [2.05, 4.69) is 6.58 Å². The number of benzene rings is 1. The van der Waals surface area contributed by atoms with Crippen LogP contribution in [0, 0.1) is 0 Å². The van der Waals surface area contributed by atoms with Gasteiger partial charge >= 0.3 is 0 Å². The van der Waals surface area contributed by atoms with E-state index in [1.807, 2.05) is 0 Å². The summed E-state index contributed by atoms with van der Waals surface area (Å²) < 4.78 is 0. The lowest BCUT2D eigenvalue weighted by Gasteiger charge is -1.96. The number of phenols is 2. The van der Waals surface area contributed by atoms with Gasteiger partial charge in [0.2, 0.25) is 0 Å². The molecule has 0 aliphatic rings. The van der Waals surface area contributed by atoms with Crippen molar-refractivity contribution in [2.24, 2.45) is 0 Å². The van der Waals surface area contributed by atoms with Crippen LogP contribution in [-0.4, -0.2) is 10.2 Å². The first-order chi connectivity index (χ1) is 4.72. The summed E-state index contributed by atoms with van der Waals surface area (Å²) in [4.78, 5) is 0. The number of phenolic OH excluding ortho intramolecular Hbond substituents is 2. The van der Waals surface area contributed by atoms with E-state index >= 15 is 0 Å². The second kappa shape index (κ2) is 2.43. The number of rotatable bonds is 1. The molecule has 0 saturated heterocycles. The summed E-state index contributed by atoms with van der Waals surface area (Å²) in [6.45, 7) is 3.49. The Hall–Kier alpha value is -1.44. The van der Waals surface area contributed by atoms with Crippen LogP contribution >= 0.6 is 0 Å². The Morgan fingerprint density at radius 3 is 2.00 bits per heavy atom. The van der Waals surface area contributed by atoms with Crippen molar-refractivity contribution in [1.82, 2.24) is 0 Å². The van der Waals surface area contributed by atoms with Crippen molar-refractivity contribution in [1.29, 1.82) is 0 Å². The Balaban J connectivity index is 3.18. The third-order valence-electron chi connectivity index (χ3n) is 1.16. The molecule has 0 heterocycles. The van der Waals surface area contributed by atoms with Crippen LogP contribution in [0.3, 0.4) is 0 Å². The summed E-state index contributed by atoms with van der Waals surface area (Å²) in [5.74, 6) is 0.102. The average molecular weight is 136 g/mol. The molecule has 0 amide bonds. The maximum absolute atomic E-state index is 8.92. The van der Waals surface area contributed by atoms with Gasteiger partial charge in [0.05, 0.1) is 0 Å². The van der Waals surface area contributed by atoms with Crippen LogP contribution in [0.2, 0.25) is 0 Å². The van der Waals surface area contributed by atoms with Gasteiger partial charge in [0.1, 0.15) is 11.5 Å². The molecule has 0 unspecified atom stereocenters. The normalized spacial score (nSPS) is 9.20. The number of hydrogen-bond donors (Lipinski definition) is 2. The summed E-state index contributed by atoms with van der Waals surface area (Å²) in [5, 5.41) is 17.8. The van der Waals surface area contributed by atoms with Crippen LogP contribution in [0.25, 0.3) is 6.08 Å². The molecule has 0 atom stereocenters. The van der Waals surface area contributed by atoms with E-state index in [0.717, 1.165) is 0 Å². The molecule has 2 heteroatoms. The van der Waals surface area contributed by atoms with Gasteiger partial charge < -0.3 is 10.2 Å². The SMILES string of the molecule is C=Cc1cc(O)cc(O)c1. The zero-order valence-corrected chi connectivity index (χ0v) is 5.41. The lowest BCUT2D eigenvalue weighted by molar-refractivity contribution is 0.450. The van der Waals surface area contributed by atoms with E-state index in [1.54, 1.807) is 6.08 Å². The number of aromatic hydroxyl groups is 2.